The molecule has 170 valence electrons. The largest absolute Gasteiger partial charge is 0.480 e. The third-order valence-corrected chi connectivity index (χ3v) is 5.66. The zero-order valence-corrected chi connectivity index (χ0v) is 18.7. The van der Waals surface area contributed by atoms with E-state index in [1.165, 1.54) is 27.7 Å². The lowest BCUT2D eigenvalue weighted by molar-refractivity contribution is -0.143. The van der Waals surface area contributed by atoms with Crippen molar-refractivity contribution in [3.05, 3.63) is 9.81 Å². The number of nitrogens with one attached hydrogen (secondary N) is 2. The van der Waals surface area contributed by atoms with Gasteiger partial charge in [0.15, 0.2) is 0 Å². The molecule has 2 amide bonds. The third-order valence-electron chi connectivity index (χ3n) is 4.10. The van der Waals surface area contributed by atoms with Gasteiger partial charge in [0.05, 0.1) is 9.49 Å². The number of carbonyl (C=O) groups excluding carboxylic acids is 2. The Morgan fingerprint density at radius 1 is 0.767 bits per heavy atom. The minimum atomic E-state index is -1.33. The Hall–Kier alpha value is -2.22. The van der Waals surface area contributed by atoms with Crippen molar-refractivity contribution >= 4 is 47.6 Å². The summed E-state index contributed by atoms with van der Waals surface area (Å²) in [6.07, 6.45) is 0.365. The summed E-state index contributed by atoms with van der Waals surface area (Å²) in [6, 6.07) is -2.67. The van der Waals surface area contributed by atoms with Crippen LogP contribution in [0.15, 0.2) is 9.16 Å². The summed E-state index contributed by atoms with van der Waals surface area (Å²) in [4.78, 5) is 67.6. The third kappa shape index (κ3) is 9.52. The first-order valence-electron chi connectivity index (χ1n) is 8.84. The summed E-state index contributed by atoms with van der Waals surface area (Å²) in [5.41, 5.74) is 0. The van der Waals surface area contributed by atoms with Gasteiger partial charge in [-0.25, -0.2) is 9.59 Å². The summed E-state index contributed by atoms with van der Waals surface area (Å²) in [7, 11) is 0. The normalized spacial score (nSPS) is 13.6. The van der Waals surface area contributed by atoms with Crippen LogP contribution < -0.4 is 10.6 Å². The van der Waals surface area contributed by atoms with Crippen LogP contribution in [-0.4, -0.2) is 55.5 Å². The standard InChI is InChI=1S/C16H26N4O8S2/c1-15(2,29-19-27)11(13(23)24)17-9(21)7-5-6-8-10(22)18-12(14(25)26)16(3,4)30-20-28/h11-12H,5-8H2,1-4H3,(H,17,21)(H,18,22)(H,23,24)(H,25,26). The number of carboxylic acid groups (broad SMARTS) is 2. The molecule has 0 saturated heterocycles. The molecule has 0 aliphatic carbocycles. The average molecular weight is 467 g/mol. The fourth-order valence-electron chi connectivity index (χ4n) is 2.40. The molecule has 14 heteroatoms. The van der Waals surface area contributed by atoms with E-state index in [-0.39, 0.29) is 25.7 Å². The molecule has 0 rings (SSSR count). The van der Waals surface area contributed by atoms with Crippen LogP contribution in [0.25, 0.3) is 0 Å². The van der Waals surface area contributed by atoms with Crippen LogP contribution in [-0.2, 0) is 19.2 Å². The number of carbonyl (C=O) groups is 4. The fraction of sp³-hybridized carbons (Fsp3) is 0.750. The van der Waals surface area contributed by atoms with E-state index in [2.05, 4.69) is 19.8 Å². The zero-order chi connectivity index (χ0) is 23.5. The second kappa shape index (κ2) is 12.5. The van der Waals surface area contributed by atoms with Crippen molar-refractivity contribution < 1.29 is 29.4 Å². The molecule has 0 aromatic carbocycles. The molecule has 0 bridgehead atoms. The van der Waals surface area contributed by atoms with Crippen LogP contribution in [0.2, 0.25) is 0 Å². The molecule has 0 saturated carbocycles. The predicted octanol–water partition coefficient (Wildman–Crippen LogP) is 2.07. The van der Waals surface area contributed by atoms with Gasteiger partial charge in [0, 0.05) is 45.9 Å². The number of aliphatic carboxylic acids is 2. The molecule has 0 fully saturated rings. The van der Waals surface area contributed by atoms with Gasteiger partial charge in [0.2, 0.25) is 11.8 Å². The highest BCUT2D eigenvalue weighted by Gasteiger charge is 2.39. The molecule has 12 nitrogen and oxygen atoms in total. The van der Waals surface area contributed by atoms with Crippen molar-refractivity contribution in [3.8, 4) is 0 Å². The molecule has 0 aromatic heterocycles. The van der Waals surface area contributed by atoms with Gasteiger partial charge in [0.25, 0.3) is 0 Å². The number of carboxylic acids is 2. The van der Waals surface area contributed by atoms with Crippen molar-refractivity contribution in [2.45, 2.75) is 75.0 Å². The second-order valence-electron chi connectivity index (χ2n) is 7.42. The highest BCUT2D eigenvalue weighted by Crippen LogP contribution is 2.30. The Balaban J connectivity index is 4.59. The Morgan fingerprint density at radius 3 is 1.30 bits per heavy atom. The van der Waals surface area contributed by atoms with Crippen molar-refractivity contribution in [1.29, 1.82) is 0 Å². The molecule has 0 heterocycles. The number of hydrogen-bond donors (Lipinski definition) is 4. The van der Waals surface area contributed by atoms with E-state index in [0.717, 1.165) is 0 Å². The summed E-state index contributed by atoms with van der Waals surface area (Å²) in [6.45, 7) is 5.84. The van der Waals surface area contributed by atoms with Crippen molar-refractivity contribution in [2.75, 3.05) is 0 Å². The first-order valence-corrected chi connectivity index (χ1v) is 10.4. The van der Waals surface area contributed by atoms with E-state index in [1.807, 2.05) is 0 Å². The van der Waals surface area contributed by atoms with E-state index < -0.39 is 45.3 Å². The Labute approximate surface area is 181 Å². The molecule has 30 heavy (non-hydrogen) atoms. The van der Waals surface area contributed by atoms with Crippen molar-refractivity contribution in [1.82, 2.24) is 10.6 Å². The molecule has 4 N–H and O–H groups in total. The number of hydrogen-bond acceptors (Lipinski definition) is 10. The first-order chi connectivity index (χ1) is 13.8. The molecule has 0 spiro atoms. The first kappa shape index (κ1) is 27.8. The maximum Gasteiger partial charge on any atom is 0.327 e. The van der Waals surface area contributed by atoms with Crippen LogP contribution in [0, 0.1) is 9.81 Å². The van der Waals surface area contributed by atoms with Crippen LogP contribution in [0.1, 0.15) is 53.4 Å². The summed E-state index contributed by atoms with van der Waals surface area (Å²) < 4.78 is 2.92. The minimum absolute atomic E-state index is 0.0644. The van der Waals surface area contributed by atoms with Gasteiger partial charge in [-0.2, -0.15) is 0 Å². The van der Waals surface area contributed by atoms with Gasteiger partial charge in [-0.3, -0.25) is 9.59 Å². The molecule has 0 aliphatic rings. The lowest BCUT2D eigenvalue weighted by atomic mass is 10.0. The number of unbranched alkanes of at least 4 members (excludes halogenated alkanes) is 1. The Morgan fingerprint density at radius 2 is 1.07 bits per heavy atom. The van der Waals surface area contributed by atoms with Crippen LogP contribution in [0.5, 0.6) is 0 Å². The van der Waals surface area contributed by atoms with E-state index in [1.54, 1.807) is 0 Å². The molecular weight excluding hydrogens is 440 g/mol. The highest BCUT2D eigenvalue weighted by atomic mass is 32.2. The monoisotopic (exact) mass is 466 g/mol. The smallest absolute Gasteiger partial charge is 0.327 e. The summed E-state index contributed by atoms with van der Waals surface area (Å²) in [5.74, 6) is -3.76. The number of rotatable bonds is 15. The summed E-state index contributed by atoms with van der Waals surface area (Å²) >= 11 is 1.01. The Bertz CT molecular complexity index is 616. The molecule has 2 atom stereocenters. The number of nitrogens with zero attached hydrogens (tertiary/aromatic N) is 2. The van der Waals surface area contributed by atoms with Gasteiger partial charge in [-0.1, -0.05) is 0 Å². The Kier molecular flexibility index (Phi) is 11.5. The maximum absolute atomic E-state index is 12.0. The van der Waals surface area contributed by atoms with Gasteiger partial charge >= 0.3 is 11.9 Å². The van der Waals surface area contributed by atoms with Crippen LogP contribution >= 0.6 is 23.9 Å². The molecular formula is C16H26N4O8S2. The topological polar surface area (TPSA) is 192 Å². The lowest BCUT2D eigenvalue weighted by Gasteiger charge is -2.28. The molecule has 0 aliphatic heterocycles. The molecule has 2 unspecified atom stereocenters. The fourth-order valence-corrected chi connectivity index (χ4v) is 3.32. The van der Waals surface area contributed by atoms with Gasteiger partial charge in [0.1, 0.15) is 12.1 Å². The van der Waals surface area contributed by atoms with E-state index >= 15 is 0 Å². The molecule has 0 radical (unpaired) electrons. The lowest BCUT2D eigenvalue weighted by Crippen LogP contribution is -2.52. The number of nitroso groups, excluding NO2 is 2. The van der Waals surface area contributed by atoms with Crippen molar-refractivity contribution in [2.24, 2.45) is 9.16 Å². The van der Waals surface area contributed by atoms with E-state index in [4.69, 9.17) is 0 Å². The van der Waals surface area contributed by atoms with Gasteiger partial charge in [-0.15, -0.1) is 9.81 Å². The predicted molar refractivity (Wildman–Crippen MR) is 113 cm³/mol. The van der Waals surface area contributed by atoms with Gasteiger partial charge < -0.3 is 20.8 Å². The van der Waals surface area contributed by atoms with Crippen molar-refractivity contribution in [3.63, 3.8) is 0 Å². The second-order valence-corrected chi connectivity index (χ2v) is 10.2. The SMILES string of the molecule is CC(C)(SN=O)C(NC(=O)CCCCC(=O)NC(C(=O)O)C(C)(C)SN=O)C(=O)O. The quantitative estimate of drug-likeness (QED) is 0.158. The van der Waals surface area contributed by atoms with Crippen LogP contribution in [0.3, 0.4) is 0 Å². The highest BCUT2D eigenvalue weighted by molar-refractivity contribution is 7.99. The summed E-state index contributed by atoms with van der Waals surface area (Å²) in [5, 5.41) is 23.2. The minimum Gasteiger partial charge on any atom is -0.480 e. The molecule has 0 aromatic rings. The van der Waals surface area contributed by atoms with E-state index in [9.17, 15) is 39.2 Å². The average Bonchev–Trinajstić information content (AvgIpc) is 2.60. The maximum atomic E-state index is 12.0. The van der Waals surface area contributed by atoms with E-state index in [0.29, 0.717) is 23.9 Å². The van der Waals surface area contributed by atoms with Gasteiger partial charge in [-0.05, 0) is 40.5 Å². The zero-order valence-electron chi connectivity index (χ0n) is 17.0. The number of amides is 2. The van der Waals surface area contributed by atoms with Crippen LogP contribution in [0.4, 0.5) is 0 Å².